The van der Waals surface area contributed by atoms with Gasteiger partial charge in [0.15, 0.2) is 22.4 Å². The van der Waals surface area contributed by atoms with Crippen molar-refractivity contribution in [2.75, 3.05) is 18.2 Å². The number of benzene rings is 2. The lowest BCUT2D eigenvalue weighted by atomic mass is 9.76. The van der Waals surface area contributed by atoms with Gasteiger partial charge in [-0.05, 0) is 48.4 Å². The fourth-order valence-electron chi connectivity index (χ4n) is 4.95. The van der Waals surface area contributed by atoms with Crippen molar-refractivity contribution in [3.05, 3.63) is 86.8 Å². The van der Waals surface area contributed by atoms with E-state index in [2.05, 4.69) is 24.1 Å². The van der Waals surface area contributed by atoms with Crippen molar-refractivity contribution < 1.29 is 14.3 Å². The van der Waals surface area contributed by atoms with Crippen molar-refractivity contribution in [1.82, 2.24) is 9.97 Å². The number of ketones is 1. The van der Waals surface area contributed by atoms with Crippen LogP contribution in [0.2, 0.25) is 0 Å². The summed E-state index contributed by atoms with van der Waals surface area (Å²) in [6.45, 7) is 4.72. The summed E-state index contributed by atoms with van der Waals surface area (Å²) in [6.07, 6.45) is 3.02. The summed E-state index contributed by atoms with van der Waals surface area (Å²) in [6, 6.07) is 15.5. The molecule has 0 radical (unpaired) electrons. The third-order valence-electron chi connectivity index (χ3n) is 6.93. The molecule has 0 spiro atoms. The Morgan fingerprint density at radius 2 is 1.89 bits per heavy atom. The first-order chi connectivity index (χ1) is 18.4. The number of nitrogens with one attached hydrogen (secondary N) is 2. The first kappa shape index (κ1) is 26.1. The van der Waals surface area contributed by atoms with Gasteiger partial charge >= 0.3 is 0 Å². The molecule has 1 aliphatic carbocycles. The van der Waals surface area contributed by atoms with Crippen LogP contribution in [0.1, 0.15) is 62.1 Å². The summed E-state index contributed by atoms with van der Waals surface area (Å²) in [4.78, 5) is 34.5. The van der Waals surface area contributed by atoms with Gasteiger partial charge in [-0.2, -0.15) is 0 Å². The summed E-state index contributed by atoms with van der Waals surface area (Å²) >= 11 is 1.55. The van der Waals surface area contributed by atoms with Gasteiger partial charge in [-0.15, -0.1) is 0 Å². The van der Waals surface area contributed by atoms with Gasteiger partial charge in [-0.25, -0.2) is 4.98 Å². The number of allylic oxidation sites excluding steroid dienone is 2. The summed E-state index contributed by atoms with van der Waals surface area (Å²) in [5, 5.41) is 3.94. The van der Waals surface area contributed by atoms with Gasteiger partial charge in [0.25, 0.3) is 5.56 Å². The minimum absolute atomic E-state index is 0.0618. The van der Waals surface area contributed by atoms with E-state index in [-0.39, 0.29) is 11.3 Å². The van der Waals surface area contributed by atoms with Gasteiger partial charge in [0, 0.05) is 29.4 Å². The van der Waals surface area contributed by atoms with Crippen molar-refractivity contribution in [2.45, 2.75) is 57.2 Å². The molecule has 0 bridgehead atoms. The average molecular weight is 532 g/mol. The number of ether oxygens (including phenoxy) is 2. The fourth-order valence-corrected chi connectivity index (χ4v) is 6.06. The molecule has 38 heavy (non-hydrogen) atoms. The highest BCUT2D eigenvalue weighted by Gasteiger charge is 2.38. The van der Waals surface area contributed by atoms with Crippen LogP contribution < -0.4 is 20.3 Å². The minimum atomic E-state index is -0.537. The Morgan fingerprint density at radius 3 is 2.66 bits per heavy atom. The molecule has 1 aromatic heterocycles. The molecule has 3 aromatic rings. The molecule has 0 saturated carbocycles. The number of methoxy groups -OCH3 is 1. The number of Topliss-reactive ketones (excluding diaryl/α,β-unsaturated/α-hetero) is 1. The van der Waals surface area contributed by atoms with E-state index in [1.165, 1.54) is 0 Å². The predicted molar refractivity (Wildman–Crippen MR) is 150 cm³/mol. The SMILES string of the molecule is COc1ccc(C2C3=C(CCCC3=O)Nc3nc(SCCC(C)C)[nH]c(=O)c32)cc1OCc1ccccc1. The molecule has 2 heterocycles. The van der Waals surface area contributed by atoms with E-state index < -0.39 is 5.92 Å². The summed E-state index contributed by atoms with van der Waals surface area (Å²) in [7, 11) is 1.60. The lowest BCUT2D eigenvalue weighted by Crippen LogP contribution is -2.32. The zero-order valence-electron chi connectivity index (χ0n) is 22.0. The van der Waals surface area contributed by atoms with Crippen LogP contribution in [0, 0.1) is 5.92 Å². The number of carbonyl (C=O) groups excluding carboxylic acids is 1. The van der Waals surface area contributed by atoms with E-state index in [9.17, 15) is 9.59 Å². The van der Waals surface area contributed by atoms with Gasteiger partial charge in [0.1, 0.15) is 12.4 Å². The lowest BCUT2D eigenvalue weighted by molar-refractivity contribution is -0.116. The van der Waals surface area contributed by atoms with Crippen LogP contribution in [0.15, 0.2) is 69.8 Å². The van der Waals surface area contributed by atoms with Crippen LogP contribution >= 0.6 is 11.8 Å². The molecule has 2 aliphatic rings. The van der Waals surface area contributed by atoms with E-state index in [4.69, 9.17) is 14.5 Å². The Bertz CT molecular complexity index is 1410. The normalized spacial score (nSPS) is 16.6. The average Bonchev–Trinajstić information content (AvgIpc) is 2.91. The molecule has 198 valence electrons. The second-order valence-electron chi connectivity index (χ2n) is 10.1. The molecule has 5 rings (SSSR count). The van der Waals surface area contributed by atoms with E-state index in [1.54, 1.807) is 18.9 Å². The third kappa shape index (κ3) is 5.50. The number of rotatable bonds is 9. The number of anilines is 1. The molecule has 2 N–H and O–H groups in total. The van der Waals surface area contributed by atoms with Crippen molar-refractivity contribution >= 4 is 23.4 Å². The zero-order chi connectivity index (χ0) is 26.6. The van der Waals surface area contributed by atoms with Crippen LogP contribution in [-0.2, 0) is 11.4 Å². The quantitative estimate of drug-likeness (QED) is 0.256. The van der Waals surface area contributed by atoms with Crippen LogP contribution in [0.4, 0.5) is 5.82 Å². The van der Waals surface area contributed by atoms with Crippen molar-refractivity contribution in [3.63, 3.8) is 0 Å². The maximum absolute atomic E-state index is 13.5. The number of H-pyrrole nitrogens is 1. The molecule has 1 aliphatic heterocycles. The molecule has 0 fully saturated rings. The summed E-state index contributed by atoms with van der Waals surface area (Å²) < 4.78 is 11.7. The van der Waals surface area contributed by atoms with Gasteiger partial charge in [0.05, 0.1) is 12.7 Å². The lowest BCUT2D eigenvalue weighted by Gasteiger charge is -2.33. The van der Waals surface area contributed by atoms with E-state index in [0.717, 1.165) is 41.8 Å². The van der Waals surface area contributed by atoms with Gasteiger partial charge in [-0.3, -0.25) is 9.59 Å². The van der Waals surface area contributed by atoms with Crippen molar-refractivity contribution in [3.8, 4) is 11.5 Å². The smallest absolute Gasteiger partial charge is 0.257 e. The molecular weight excluding hydrogens is 498 g/mol. The van der Waals surface area contributed by atoms with Crippen molar-refractivity contribution in [2.24, 2.45) is 5.92 Å². The Labute approximate surface area is 227 Å². The highest BCUT2D eigenvalue weighted by molar-refractivity contribution is 7.99. The zero-order valence-corrected chi connectivity index (χ0v) is 22.8. The van der Waals surface area contributed by atoms with E-state index in [0.29, 0.717) is 52.6 Å². The number of fused-ring (bicyclic) bond motifs is 1. The molecule has 0 saturated heterocycles. The largest absolute Gasteiger partial charge is 0.493 e. The Hall–Kier alpha value is -3.52. The van der Waals surface area contributed by atoms with Crippen molar-refractivity contribution in [1.29, 1.82) is 0 Å². The predicted octanol–water partition coefficient (Wildman–Crippen LogP) is 6.06. The number of hydrogen-bond donors (Lipinski definition) is 2. The standard InChI is InChI=1S/C30H33N3O4S/c1-18(2)14-15-38-30-32-28-27(29(35)33-30)25(26-21(31-28)10-7-11-22(26)34)20-12-13-23(36-3)24(16-20)37-17-19-8-5-4-6-9-19/h4-6,8-9,12-13,16,18,25H,7,10-11,14-15,17H2,1-3H3,(H2,31,32,33,35). The summed E-state index contributed by atoms with van der Waals surface area (Å²) in [5.74, 6) is 2.65. The highest BCUT2D eigenvalue weighted by atomic mass is 32.2. The third-order valence-corrected chi connectivity index (χ3v) is 7.84. The monoisotopic (exact) mass is 531 g/mol. The van der Waals surface area contributed by atoms with Crippen LogP contribution in [0.25, 0.3) is 0 Å². The molecule has 0 amide bonds. The molecule has 2 aromatic carbocycles. The number of aromatic nitrogens is 2. The maximum Gasteiger partial charge on any atom is 0.257 e. The number of nitrogens with zero attached hydrogens (tertiary/aromatic N) is 1. The van der Waals surface area contributed by atoms with Gasteiger partial charge in [-0.1, -0.05) is 62.0 Å². The molecule has 1 unspecified atom stereocenters. The van der Waals surface area contributed by atoms with Gasteiger partial charge < -0.3 is 19.8 Å². The first-order valence-electron chi connectivity index (χ1n) is 13.1. The first-order valence-corrected chi connectivity index (χ1v) is 14.1. The topological polar surface area (TPSA) is 93.3 Å². The van der Waals surface area contributed by atoms with Crippen LogP contribution in [-0.4, -0.2) is 28.6 Å². The van der Waals surface area contributed by atoms with Crippen LogP contribution in [0.5, 0.6) is 11.5 Å². The second-order valence-corrected chi connectivity index (χ2v) is 11.2. The number of carbonyl (C=O) groups is 1. The Morgan fingerprint density at radius 1 is 1.08 bits per heavy atom. The Balaban J connectivity index is 1.55. The minimum Gasteiger partial charge on any atom is -0.493 e. The van der Waals surface area contributed by atoms with Crippen LogP contribution in [0.3, 0.4) is 0 Å². The van der Waals surface area contributed by atoms with E-state index >= 15 is 0 Å². The highest BCUT2D eigenvalue weighted by Crippen LogP contribution is 2.45. The maximum atomic E-state index is 13.5. The second kappa shape index (κ2) is 11.5. The molecule has 7 nitrogen and oxygen atoms in total. The Kier molecular flexibility index (Phi) is 7.88. The number of hydrogen-bond acceptors (Lipinski definition) is 7. The van der Waals surface area contributed by atoms with E-state index in [1.807, 2.05) is 48.5 Å². The van der Waals surface area contributed by atoms with Gasteiger partial charge in [0.2, 0.25) is 0 Å². The fraction of sp³-hybridized carbons (Fsp3) is 0.367. The molecule has 8 heteroatoms. The molecule has 1 atom stereocenters. The number of aromatic amines is 1. The number of thioether (sulfide) groups is 1. The molecular formula is C30H33N3O4S. The summed E-state index contributed by atoms with van der Waals surface area (Å²) in [5.41, 5.74) is 3.57.